The average molecular weight is 347 g/mol. The zero-order valence-corrected chi connectivity index (χ0v) is 15.2. The third kappa shape index (κ3) is 4.68. The molecule has 0 atom stereocenters. The lowest BCUT2D eigenvalue weighted by atomic mass is 10.2. The van der Waals surface area contributed by atoms with Crippen LogP contribution in [0.3, 0.4) is 0 Å². The van der Waals surface area contributed by atoms with Crippen molar-refractivity contribution in [3.8, 4) is 0 Å². The molecule has 0 unspecified atom stereocenters. The van der Waals surface area contributed by atoms with Crippen LogP contribution < -0.4 is 0 Å². The van der Waals surface area contributed by atoms with Gasteiger partial charge in [0.15, 0.2) is 0 Å². The maximum Gasteiger partial charge on any atom is 0.222 e. The number of hydrogen-bond donors (Lipinski definition) is 0. The van der Waals surface area contributed by atoms with Crippen LogP contribution in [0, 0.1) is 0 Å². The van der Waals surface area contributed by atoms with E-state index in [0.717, 1.165) is 52.1 Å². The highest BCUT2D eigenvalue weighted by atomic mass is 32.1. The van der Waals surface area contributed by atoms with Gasteiger partial charge in [0.1, 0.15) is 0 Å². The number of amides is 1. The van der Waals surface area contributed by atoms with Crippen molar-refractivity contribution in [2.45, 2.75) is 39.3 Å². The molecule has 6 heteroatoms. The van der Waals surface area contributed by atoms with E-state index >= 15 is 0 Å². The standard InChI is InChI=1S/C18H26N4OS/c1-2-22-15-16(13-19-22)14-20-8-4-9-21(11-10-20)18(23)7-6-17-5-3-12-24-17/h3,5,12-13,15H,2,4,6-11,14H2,1H3. The molecule has 1 aliphatic heterocycles. The summed E-state index contributed by atoms with van der Waals surface area (Å²) in [7, 11) is 0. The van der Waals surface area contributed by atoms with E-state index in [2.05, 4.69) is 40.6 Å². The van der Waals surface area contributed by atoms with E-state index in [1.54, 1.807) is 11.3 Å². The second kappa shape index (κ2) is 8.44. The molecular weight excluding hydrogens is 320 g/mol. The summed E-state index contributed by atoms with van der Waals surface area (Å²) in [4.78, 5) is 18.2. The van der Waals surface area contributed by atoms with Crippen LogP contribution in [-0.2, 0) is 24.3 Å². The van der Waals surface area contributed by atoms with Gasteiger partial charge in [0.2, 0.25) is 5.91 Å². The van der Waals surface area contributed by atoms with Crippen LogP contribution >= 0.6 is 11.3 Å². The molecule has 0 bridgehead atoms. The number of nitrogens with zero attached hydrogens (tertiary/aromatic N) is 4. The maximum atomic E-state index is 12.5. The van der Waals surface area contributed by atoms with Crippen LogP contribution in [0.25, 0.3) is 0 Å². The third-order valence-electron chi connectivity index (χ3n) is 4.52. The Labute approximate surface area is 147 Å². The molecule has 3 rings (SSSR count). The minimum Gasteiger partial charge on any atom is -0.341 e. The van der Waals surface area contributed by atoms with Crippen molar-refractivity contribution >= 4 is 17.2 Å². The summed E-state index contributed by atoms with van der Waals surface area (Å²) in [5, 5.41) is 6.42. The molecule has 1 fully saturated rings. The Balaban J connectivity index is 1.46. The molecule has 130 valence electrons. The summed E-state index contributed by atoms with van der Waals surface area (Å²) in [5.74, 6) is 0.295. The lowest BCUT2D eigenvalue weighted by Gasteiger charge is -2.21. The molecule has 1 amide bonds. The minimum absolute atomic E-state index is 0.295. The van der Waals surface area contributed by atoms with Gasteiger partial charge in [-0.25, -0.2) is 0 Å². The van der Waals surface area contributed by atoms with Gasteiger partial charge in [-0.2, -0.15) is 5.10 Å². The molecule has 2 aromatic rings. The topological polar surface area (TPSA) is 41.4 Å². The fraction of sp³-hybridized carbons (Fsp3) is 0.556. The molecule has 24 heavy (non-hydrogen) atoms. The fourth-order valence-corrected chi connectivity index (χ4v) is 3.85. The molecule has 0 N–H and O–H groups in total. The molecule has 0 spiro atoms. The van der Waals surface area contributed by atoms with Crippen molar-refractivity contribution in [2.24, 2.45) is 0 Å². The molecule has 5 nitrogen and oxygen atoms in total. The summed E-state index contributed by atoms with van der Waals surface area (Å²) in [5.41, 5.74) is 1.26. The molecule has 1 aliphatic rings. The Bertz CT molecular complexity index is 637. The van der Waals surface area contributed by atoms with E-state index in [1.165, 1.54) is 10.4 Å². The minimum atomic E-state index is 0.295. The van der Waals surface area contributed by atoms with Gasteiger partial charge in [-0.1, -0.05) is 6.07 Å². The first kappa shape index (κ1) is 17.2. The first-order valence-electron chi connectivity index (χ1n) is 8.78. The van der Waals surface area contributed by atoms with Crippen molar-refractivity contribution in [1.29, 1.82) is 0 Å². The Hall–Kier alpha value is -1.66. The summed E-state index contributed by atoms with van der Waals surface area (Å²) < 4.78 is 1.97. The maximum absolute atomic E-state index is 12.5. The SMILES string of the molecule is CCn1cc(CN2CCCN(C(=O)CCc3cccs3)CC2)cn1. The largest absolute Gasteiger partial charge is 0.341 e. The lowest BCUT2D eigenvalue weighted by Crippen LogP contribution is -2.35. The number of aromatic nitrogens is 2. The highest BCUT2D eigenvalue weighted by Crippen LogP contribution is 2.13. The van der Waals surface area contributed by atoms with E-state index < -0.39 is 0 Å². The fourth-order valence-electron chi connectivity index (χ4n) is 3.14. The van der Waals surface area contributed by atoms with Gasteiger partial charge in [-0.15, -0.1) is 11.3 Å². The zero-order valence-electron chi connectivity index (χ0n) is 14.4. The predicted molar refractivity (Wildman–Crippen MR) is 97.0 cm³/mol. The van der Waals surface area contributed by atoms with Gasteiger partial charge in [-0.05, 0) is 31.2 Å². The molecule has 2 aromatic heterocycles. The van der Waals surface area contributed by atoms with Crippen molar-refractivity contribution in [2.75, 3.05) is 26.2 Å². The van der Waals surface area contributed by atoms with Crippen LogP contribution in [-0.4, -0.2) is 51.7 Å². The number of hydrogen-bond acceptors (Lipinski definition) is 4. The van der Waals surface area contributed by atoms with Gasteiger partial charge >= 0.3 is 0 Å². The van der Waals surface area contributed by atoms with Crippen molar-refractivity contribution < 1.29 is 4.79 Å². The summed E-state index contributed by atoms with van der Waals surface area (Å²) in [6, 6.07) is 4.16. The number of thiophene rings is 1. The number of aryl methyl sites for hydroxylation is 2. The van der Waals surface area contributed by atoms with Crippen molar-refractivity contribution in [3.05, 3.63) is 40.3 Å². The van der Waals surface area contributed by atoms with Crippen LogP contribution in [0.1, 0.15) is 30.2 Å². The van der Waals surface area contributed by atoms with E-state index in [4.69, 9.17) is 0 Å². The van der Waals surface area contributed by atoms with Gasteiger partial charge in [-0.3, -0.25) is 14.4 Å². The van der Waals surface area contributed by atoms with E-state index in [0.29, 0.717) is 12.3 Å². The van der Waals surface area contributed by atoms with Crippen LogP contribution in [0.5, 0.6) is 0 Å². The van der Waals surface area contributed by atoms with Gasteiger partial charge in [0.25, 0.3) is 0 Å². The second-order valence-electron chi connectivity index (χ2n) is 6.29. The number of carbonyl (C=O) groups is 1. The van der Waals surface area contributed by atoms with Gasteiger partial charge in [0.05, 0.1) is 6.20 Å². The van der Waals surface area contributed by atoms with E-state index in [1.807, 2.05) is 15.8 Å². The molecule has 3 heterocycles. The third-order valence-corrected chi connectivity index (χ3v) is 5.46. The first-order chi connectivity index (χ1) is 11.7. The normalized spacial score (nSPS) is 16.3. The summed E-state index contributed by atoms with van der Waals surface area (Å²) in [6.07, 6.45) is 6.62. The zero-order chi connectivity index (χ0) is 16.8. The van der Waals surface area contributed by atoms with Crippen molar-refractivity contribution in [3.63, 3.8) is 0 Å². The highest BCUT2D eigenvalue weighted by molar-refractivity contribution is 7.09. The van der Waals surface area contributed by atoms with Gasteiger partial charge in [0, 0.05) is 62.3 Å². The van der Waals surface area contributed by atoms with E-state index in [-0.39, 0.29) is 0 Å². The average Bonchev–Trinajstić information content (AvgIpc) is 3.21. The Morgan fingerprint density at radius 2 is 2.21 bits per heavy atom. The predicted octanol–water partition coefficient (Wildman–Crippen LogP) is 2.63. The molecule has 0 saturated carbocycles. The molecular formula is C18H26N4OS. The Morgan fingerprint density at radius 1 is 1.29 bits per heavy atom. The molecule has 0 aromatic carbocycles. The molecule has 0 aliphatic carbocycles. The number of carbonyl (C=O) groups excluding carboxylic acids is 1. The van der Waals surface area contributed by atoms with Gasteiger partial charge < -0.3 is 4.90 Å². The van der Waals surface area contributed by atoms with Crippen LogP contribution in [0.15, 0.2) is 29.9 Å². The van der Waals surface area contributed by atoms with Crippen molar-refractivity contribution in [1.82, 2.24) is 19.6 Å². The Morgan fingerprint density at radius 3 is 2.96 bits per heavy atom. The highest BCUT2D eigenvalue weighted by Gasteiger charge is 2.19. The molecule has 1 saturated heterocycles. The summed E-state index contributed by atoms with van der Waals surface area (Å²) in [6.45, 7) is 7.65. The quantitative estimate of drug-likeness (QED) is 0.807. The van der Waals surface area contributed by atoms with Crippen LogP contribution in [0.2, 0.25) is 0 Å². The lowest BCUT2D eigenvalue weighted by molar-refractivity contribution is -0.131. The van der Waals surface area contributed by atoms with Crippen LogP contribution in [0.4, 0.5) is 0 Å². The second-order valence-corrected chi connectivity index (χ2v) is 7.33. The Kier molecular flexibility index (Phi) is 6.04. The first-order valence-corrected chi connectivity index (χ1v) is 9.66. The smallest absolute Gasteiger partial charge is 0.222 e. The summed E-state index contributed by atoms with van der Waals surface area (Å²) >= 11 is 1.73. The molecule has 0 radical (unpaired) electrons. The van der Waals surface area contributed by atoms with E-state index in [9.17, 15) is 4.79 Å². The number of rotatable bonds is 6. The monoisotopic (exact) mass is 346 g/mol.